The summed E-state index contributed by atoms with van der Waals surface area (Å²) in [5.74, 6) is 0.953. The molecule has 0 fully saturated rings. The van der Waals surface area contributed by atoms with Gasteiger partial charge in [0.1, 0.15) is 30.6 Å². The van der Waals surface area contributed by atoms with Gasteiger partial charge in [-0.3, -0.25) is 0 Å². The Kier molecular flexibility index (Phi) is 7.10. The molecule has 3 rings (SSSR count). The van der Waals surface area contributed by atoms with Crippen LogP contribution in [0.1, 0.15) is 0 Å². The van der Waals surface area contributed by atoms with Crippen molar-refractivity contribution in [3.05, 3.63) is 53.4 Å². The first-order chi connectivity index (χ1) is 14.4. The Morgan fingerprint density at radius 3 is 2.30 bits per heavy atom. The van der Waals surface area contributed by atoms with Crippen molar-refractivity contribution in [3.63, 3.8) is 0 Å². The summed E-state index contributed by atoms with van der Waals surface area (Å²) in [5, 5.41) is 9.16. The summed E-state index contributed by atoms with van der Waals surface area (Å²) in [4.78, 5) is 18.2. The van der Waals surface area contributed by atoms with E-state index in [1.165, 1.54) is 25.4 Å². The van der Waals surface area contributed by atoms with Gasteiger partial charge in [0, 0.05) is 12.1 Å². The first kappa shape index (κ1) is 21.8. The minimum absolute atomic E-state index is 0.147. The summed E-state index contributed by atoms with van der Waals surface area (Å²) >= 11 is 6.24. The quantitative estimate of drug-likeness (QED) is 0.350. The van der Waals surface area contributed by atoms with Gasteiger partial charge in [0.15, 0.2) is 5.82 Å². The second-order valence-electron chi connectivity index (χ2n) is 6.03. The number of halogens is 2. The van der Waals surface area contributed by atoms with Crippen LogP contribution in [-0.4, -0.2) is 35.7 Å². The fraction of sp³-hybridized carbons (Fsp3) is 0.158. The molecule has 11 heteroatoms. The second-order valence-corrected chi connectivity index (χ2v) is 7.71. The van der Waals surface area contributed by atoms with Crippen LogP contribution in [0.2, 0.25) is 5.02 Å². The highest BCUT2D eigenvalue weighted by molar-refractivity contribution is 7.52. The molecule has 1 atom stereocenters. The SMILES string of the molecule is COc1ccc(Nc2ncc(Cl)c(Nc3ccc(OC)cc3NP(C)O)n2)c(F)c1. The zero-order valence-electron chi connectivity index (χ0n) is 16.4. The topological polar surface area (TPSA) is 101 Å². The Bertz CT molecular complexity index is 1040. The van der Waals surface area contributed by atoms with Crippen LogP contribution in [0.25, 0.3) is 0 Å². The molecule has 1 heterocycles. The van der Waals surface area contributed by atoms with Gasteiger partial charge < -0.3 is 30.1 Å². The first-order valence-electron chi connectivity index (χ1n) is 8.67. The van der Waals surface area contributed by atoms with Gasteiger partial charge in [-0.05, 0) is 30.9 Å². The van der Waals surface area contributed by atoms with Crippen molar-refractivity contribution in [3.8, 4) is 11.5 Å². The molecule has 8 nitrogen and oxygen atoms in total. The number of anilines is 5. The number of nitrogens with zero attached hydrogens (tertiary/aromatic N) is 2. The van der Waals surface area contributed by atoms with Crippen molar-refractivity contribution in [1.82, 2.24) is 9.97 Å². The van der Waals surface area contributed by atoms with Gasteiger partial charge in [-0.2, -0.15) is 4.98 Å². The average molecular weight is 452 g/mol. The number of ether oxygens (including phenoxy) is 2. The van der Waals surface area contributed by atoms with E-state index in [0.29, 0.717) is 28.7 Å². The molecule has 1 aromatic heterocycles. The van der Waals surface area contributed by atoms with Crippen molar-refractivity contribution >= 4 is 48.7 Å². The number of benzene rings is 2. The highest BCUT2D eigenvalue weighted by atomic mass is 35.5. The van der Waals surface area contributed by atoms with Crippen molar-refractivity contribution in [2.75, 3.05) is 36.6 Å². The Balaban J connectivity index is 1.87. The Hall–Kier alpha value is -2.87. The standard InChI is InChI=1S/C19H20ClFN5O3P/c1-28-11-4-6-15(14(21)8-11)24-19-22-10-13(20)18(25-19)23-16-7-5-12(29-2)9-17(16)26-30(3)27/h4-10,26-27H,1-3H3,(H2,22,23,24,25). The summed E-state index contributed by atoms with van der Waals surface area (Å²) in [5.41, 5.74) is 1.41. The molecule has 0 aliphatic heterocycles. The molecule has 2 aromatic carbocycles. The van der Waals surface area contributed by atoms with Gasteiger partial charge in [-0.1, -0.05) is 11.6 Å². The molecule has 0 bridgehead atoms. The molecule has 0 radical (unpaired) electrons. The molecule has 0 aliphatic rings. The lowest BCUT2D eigenvalue weighted by Gasteiger charge is -2.17. The number of nitrogens with one attached hydrogen (secondary N) is 3. The third kappa shape index (κ3) is 5.38. The van der Waals surface area contributed by atoms with Gasteiger partial charge in [0.2, 0.25) is 5.95 Å². The van der Waals surface area contributed by atoms with E-state index in [2.05, 4.69) is 25.7 Å². The summed E-state index contributed by atoms with van der Waals surface area (Å²) in [6, 6.07) is 9.64. The summed E-state index contributed by atoms with van der Waals surface area (Å²) in [7, 11) is 1.60. The van der Waals surface area contributed by atoms with E-state index in [4.69, 9.17) is 21.1 Å². The maximum atomic E-state index is 14.2. The van der Waals surface area contributed by atoms with Crippen LogP contribution in [0.5, 0.6) is 11.5 Å². The molecule has 4 N–H and O–H groups in total. The van der Waals surface area contributed by atoms with Crippen LogP contribution in [0.3, 0.4) is 0 Å². The Labute approximate surface area is 179 Å². The maximum absolute atomic E-state index is 14.2. The molecule has 0 amide bonds. The van der Waals surface area contributed by atoms with Crippen LogP contribution >= 0.6 is 19.9 Å². The summed E-state index contributed by atoms with van der Waals surface area (Å²) < 4.78 is 24.4. The van der Waals surface area contributed by atoms with Gasteiger partial charge in [-0.25, -0.2) is 9.37 Å². The number of aromatic nitrogens is 2. The summed E-state index contributed by atoms with van der Waals surface area (Å²) in [6.45, 7) is 1.65. The van der Waals surface area contributed by atoms with E-state index < -0.39 is 14.1 Å². The average Bonchev–Trinajstić information content (AvgIpc) is 2.72. The highest BCUT2D eigenvalue weighted by Crippen LogP contribution is 2.37. The fourth-order valence-electron chi connectivity index (χ4n) is 2.51. The van der Waals surface area contributed by atoms with E-state index in [0.717, 1.165) is 0 Å². The predicted octanol–water partition coefficient (Wildman–Crippen LogP) is 5.12. The Morgan fingerprint density at radius 2 is 1.67 bits per heavy atom. The van der Waals surface area contributed by atoms with Crippen LogP contribution in [0.4, 0.5) is 33.2 Å². The molecule has 30 heavy (non-hydrogen) atoms. The Morgan fingerprint density at radius 1 is 1.00 bits per heavy atom. The molecular weight excluding hydrogens is 432 g/mol. The van der Waals surface area contributed by atoms with Crippen LogP contribution < -0.4 is 25.2 Å². The van der Waals surface area contributed by atoms with Gasteiger partial charge in [0.25, 0.3) is 0 Å². The number of hydrogen-bond acceptors (Lipinski definition) is 8. The molecule has 1 unspecified atom stereocenters. The van der Waals surface area contributed by atoms with Crippen molar-refractivity contribution < 1.29 is 18.8 Å². The van der Waals surface area contributed by atoms with Gasteiger partial charge in [0.05, 0.1) is 37.5 Å². The van der Waals surface area contributed by atoms with E-state index in [1.807, 2.05) is 0 Å². The van der Waals surface area contributed by atoms with E-state index in [9.17, 15) is 9.28 Å². The fourth-order valence-corrected chi connectivity index (χ4v) is 3.19. The first-order valence-corrected chi connectivity index (χ1v) is 10.8. The van der Waals surface area contributed by atoms with Crippen molar-refractivity contribution in [1.29, 1.82) is 0 Å². The van der Waals surface area contributed by atoms with Crippen LogP contribution in [-0.2, 0) is 0 Å². The number of rotatable bonds is 8. The van der Waals surface area contributed by atoms with Crippen molar-refractivity contribution in [2.24, 2.45) is 0 Å². The third-order valence-corrected chi connectivity index (χ3v) is 4.77. The van der Waals surface area contributed by atoms with Crippen LogP contribution in [0, 0.1) is 5.82 Å². The normalized spacial score (nSPS) is 11.5. The number of hydrogen-bond donors (Lipinski definition) is 4. The van der Waals surface area contributed by atoms with E-state index in [-0.39, 0.29) is 16.7 Å². The zero-order chi connectivity index (χ0) is 21.7. The van der Waals surface area contributed by atoms with Crippen molar-refractivity contribution in [2.45, 2.75) is 0 Å². The maximum Gasteiger partial charge on any atom is 0.229 e. The minimum Gasteiger partial charge on any atom is -0.497 e. The minimum atomic E-state index is -1.42. The lowest BCUT2D eigenvalue weighted by Crippen LogP contribution is -2.04. The molecule has 0 saturated heterocycles. The smallest absolute Gasteiger partial charge is 0.229 e. The molecular formula is C19H20ClFN5O3P. The number of methoxy groups -OCH3 is 2. The summed E-state index contributed by atoms with van der Waals surface area (Å²) in [6.07, 6.45) is 1.40. The van der Waals surface area contributed by atoms with Gasteiger partial charge >= 0.3 is 0 Å². The monoisotopic (exact) mass is 451 g/mol. The lowest BCUT2D eigenvalue weighted by atomic mass is 10.2. The van der Waals surface area contributed by atoms with E-state index in [1.54, 1.807) is 38.0 Å². The highest BCUT2D eigenvalue weighted by Gasteiger charge is 2.12. The molecule has 0 saturated carbocycles. The van der Waals surface area contributed by atoms with Gasteiger partial charge in [-0.15, -0.1) is 0 Å². The largest absolute Gasteiger partial charge is 0.497 e. The molecule has 3 aromatic rings. The lowest BCUT2D eigenvalue weighted by molar-refractivity contribution is 0.411. The van der Waals surface area contributed by atoms with E-state index >= 15 is 0 Å². The molecule has 158 valence electrons. The predicted molar refractivity (Wildman–Crippen MR) is 118 cm³/mol. The second kappa shape index (κ2) is 9.75. The third-order valence-electron chi connectivity index (χ3n) is 3.93. The van der Waals surface area contributed by atoms with Crippen LogP contribution in [0.15, 0.2) is 42.6 Å². The zero-order valence-corrected chi connectivity index (χ0v) is 18.1. The molecule has 0 aliphatic carbocycles. The molecule has 0 spiro atoms.